The molecule has 0 aromatic carbocycles. The van der Waals surface area contributed by atoms with Crippen molar-refractivity contribution in [3.63, 3.8) is 0 Å². The topological polar surface area (TPSA) is 81.7 Å². The van der Waals surface area contributed by atoms with Crippen LogP contribution in [0.4, 0.5) is 0 Å². The highest BCUT2D eigenvalue weighted by Crippen LogP contribution is 2.33. The molecule has 1 aliphatic rings. The van der Waals surface area contributed by atoms with Gasteiger partial charge in [-0.05, 0) is 6.26 Å². The third-order valence-corrected chi connectivity index (χ3v) is 3.97. The van der Waals surface area contributed by atoms with E-state index in [-0.39, 0.29) is 17.2 Å². The van der Waals surface area contributed by atoms with Crippen LogP contribution in [-0.4, -0.2) is 47.6 Å². The summed E-state index contributed by atoms with van der Waals surface area (Å²) in [5.41, 5.74) is 0. The summed E-state index contributed by atoms with van der Waals surface area (Å²) in [6, 6.07) is -0.347. The maximum atomic E-state index is 11.3. The zero-order valence-electron chi connectivity index (χ0n) is 11.5. The molecule has 0 unspecified atom stereocenters. The van der Waals surface area contributed by atoms with Crippen LogP contribution in [-0.2, 0) is 23.9 Å². The Hall–Kier alpha value is -1.24. The molecular weight excluding hydrogens is 270 g/mol. The zero-order valence-corrected chi connectivity index (χ0v) is 12.3. The van der Waals surface area contributed by atoms with Crippen molar-refractivity contribution >= 4 is 29.6 Å². The van der Waals surface area contributed by atoms with E-state index in [0.29, 0.717) is 6.42 Å². The summed E-state index contributed by atoms with van der Waals surface area (Å²) in [6.07, 6.45) is 1.29. The molecular formula is C12H19NO5S. The van der Waals surface area contributed by atoms with Gasteiger partial charge in [0.15, 0.2) is 6.10 Å². The molecule has 6 nitrogen and oxygen atoms in total. The Labute approximate surface area is 116 Å². The van der Waals surface area contributed by atoms with E-state index in [2.05, 4.69) is 5.32 Å². The normalized spacial score (nSPS) is 29.7. The highest BCUT2D eigenvalue weighted by molar-refractivity contribution is 7.99. The van der Waals surface area contributed by atoms with E-state index in [9.17, 15) is 14.4 Å². The van der Waals surface area contributed by atoms with Crippen LogP contribution >= 0.6 is 11.8 Å². The molecule has 0 bridgehead atoms. The lowest BCUT2D eigenvalue weighted by molar-refractivity contribution is -0.163. The van der Waals surface area contributed by atoms with Crippen molar-refractivity contribution in [1.29, 1.82) is 0 Å². The molecule has 1 saturated carbocycles. The quantitative estimate of drug-likeness (QED) is 0.759. The molecule has 1 aliphatic carbocycles. The molecule has 7 heteroatoms. The molecule has 1 amide bonds. The van der Waals surface area contributed by atoms with Gasteiger partial charge in [-0.3, -0.25) is 14.4 Å². The van der Waals surface area contributed by atoms with Gasteiger partial charge in [-0.1, -0.05) is 0 Å². The third kappa shape index (κ3) is 4.41. The highest BCUT2D eigenvalue weighted by atomic mass is 32.2. The van der Waals surface area contributed by atoms with E-state index in [1.165, 1.54) is 20.8 Å². The van der Waals surface area contributed by atoms with E-state index in [4.69, 9.17) is 9.47 Å². The van der Waals surface area contributed by atoms with Crippen molar-refractivity contribution in [3.05, 3.63) is 0 Å². The van der Waals surface area contributed by atoms with E-state index < -0.39 is 24.1 Å². The predicted octanol–water partition coefficient (Wildman–Crippen LogP) is 0.490. The molecule has 108 valence electrons. The van der Waals surface area contributed by atoms with Crippen LogP contribution in [0.3, 0.4) is 0 Å². The Balaban J connectivity index is 2.90. The van der Waals surface area contributed by atoms with Crippen molar-refractivity contribution in [2.24, 2.45) is 0 Å². The number of hydrogen-bond acceptors (Lipinski definition) is 6. The molecule has 1 N–H and O–H groups in total. The summed E-state index contributed by atoms with van der Waals surface area (Å²) in [5.74, 6) is -1.09. The van der Waals surface area contributed by atoms with Crippen LogP contribution in [0.15, 0.2) is 0 Å². The number of carbonyl (C=O) groups is 3. The minimum atomic E-state index is -0.636. The van der Waals surface area contributed by atoms with Crippen LogP contribution in [0.25, 0.3) is 0 Å². The van der Waals surface area contributed by atoms with Gasteiger partial charge in [0.1, 0.15) is 6.10 Å². The monoisotopic (exact) mass is 289 g/mol. The molecule has 0 radical (unpaired) electrons. The van der Waals surface area contributed by atoms with Gasteiger partial charge in [-0.2, -0.15) is 11.8 Å². The van der Waals surface area contributed by atoms with Gasteiger partial charge in [0.25, 0.3) is 0 Å². The Morgan fingerprint density at radius 1 is 1.11 bits per heavy atom. The average Bonchev–Trinajstić information content (AvgIpc) is 2.55. The molecule has 1 rings (SSSR count). The number of thioether (sulfide) groups is 1. The molecule has 0 aliphatic heterocycles. The van der Waals surface area contributed by atoms with Gasteiger partial charge in [0.2, 0.25) is 5.91 Å². The first-order valence-electron chi connectivity index (χ1n) is 5.99. The van der Waals surface area contributed by atoms with Crippen LogP contribution in [0.5, 0.6) is 0 Å². The average molecular weight is 289 g/mol. The number of rotatable bonds is 4. The molecule has 0 heterocycles. The van der Waals surface area contributed by atoms with Crippen LogP contribution in [0.1, 0.15) is 27.2 Å². The second-order valence-electron chi connectivity index (χ2n) is 4.46. The Kier molecular flexibility index (Phi) is 5.65. The number of esters is 2. The van der Waals surface area contributed by atoms with Crippen molar-refractivity contribution in [2.75, 3.05) is 6.26 Å². The summed E-state index contributed by atoms with van der Waals surface area (Å²) in [7, 11) is 0. The first kappa shape index (κ1) is 15.8. The van der Waals surface area contributed by atoms with Gasteiger partial charge in [0.05, 0.1) is 6.04 Å². The summed E-state index contributed by atoms with van der Waals surface area (Å²) in [5, 5.41) is 2.81. The first-order valence-corrected chi connectivity index (χ1v) is 7.28. The summed E-state index contributed by atoms with van der Waals surface area (Å²) in [4.78, 5) is 33.5. The van der Waals surface area contributed by atoms with E-state index >= 15 is 0 Å². The lowest BCUT2D eigenvalue weighted by Gasteiger charge is -2.25. The third-order valence-electron chi connectivity index (χ3n) is 2.88. The molecule has 1 fully saturated rings. The Morgan fingerprint density at radius 3 is 2.11 bits per heavy atom. The smallest absolute Gasteiger partial charge is 0.303 e. The van der Waals surface area contributed by atoms with E-state index in [1.54, 1.807) is 11.8 Å². The number of amides is 1. The second-order valence-corrected chi connectivity index (χ2v) is 5.53. The fourth-order valence-electron chi connectivity index (χ4n) is 2.27. The van der Waals surface area contributed by atoms with Crippen molar-refractivity contribution in [1.82, 2.24) is 5.32 Å². The second kappa shape index (κ2) is 6.79. The number of carbonyl (C=O) groups excluding carboxylic acids is 3. The maximum Gasteiger partial charge on any atom is 0.303 e. The van der Waals surface area contributed by atoms with Crippen molar-refractivity contribution in [2.45, 2.75) is 50.7 Å². The van der Waals surface area contributed by atoms with Gasteiger partial charge in [-0.25, -0.2) is 0 Å². The largest absolute Gasteiger partial charge is 0.458 e. The van der Waals surface area contributed by atoms with Crippen molar-refractivity contribution < 1.29 is 23.9 Å². The SMILES string of the molecule is CS[C@H]1C[C@H](OC(C)=O)[C@H](OC(C)=O)[C@@H]1NC(C)=O. The van der Waals surface area contributed by atoms with Gasteiger partial charge < -0.3 is 14.8 Å². The lowest BCUT2D eigenvalue weighted by atomic mass is 10.2. The molecule has 19 heavy (non-hydrogen) atoms. The van der Waals surface area contributed by atoms with Crippen molar-refractivity contribution in [3.8, 4) is 0 Å². The molecule has 0 aromatic rings. The minimum absolute atomic E-state index is 0.0394. The molecule has 4 atom stereocenters. The van der Waals surface area contributed by atoms with Gasteiger partial charge >= 0.3 is 11.9 Å². The fraction of sp³-hybridized carbons (Fsp3) is 0.750. The summed E-state index contributed by atoms with van der Waals surface area (Å²) < 4.78 is 10.4. The summed E-state index contributed by atoms with van der Waals surface area (Å²) in [6.45, 7) is 4.01. The van der Waals surface area contributed by atoms with E-state index in [1.807, 2.05) is 6.26 Å². The van der Waals surface area contributed by atoms with Gasteiger partial charge in [0, 0.05) is 32.4 Å². The Morgan fingerprint density at radius 2 is 1.68 bits per heavy atom. The van der Waals surface area contributed by atoms with Crippen LogP contribution < -0.4 is 5.32 Å². The Bertz CT molecular complexity index is 373. The van der Waals surface area contributed by atoms with Crippen LogP contribution in [0, 0.1) is 0 Å². The summed E-state index contributed by atoms with van der Waals surface area (Å²) >= 11 is 1.55. The number of hydrogen-bond donors (Lipinski definition) is 1. The van der Waals surface area contributed by atoms with Gasteiger partial charge in [-0.15, -0.1) is 0 Å². The highest BCUT2D eigenvalue weighted by Gasteiger charge is 2.47. The minimum Gasteiger partial charge on any atom is -0.458 e. The van der Waals surface area contributed by atoms with E-state index in [0.717, 1.165) is 0 Å². The standard InChI is InChI=1S/C12H19NO5S/c1-6(14)13-11-10(19-4)5-9(17-7(2)15)12(11)18-8(3)16/h9-12H,5H2,1-4H3,(H,13,14)/t9-,10-,11+,12-/m0/s1. The van der Waals surface area contributed by atoms with Crippen LogP contribution in [0.2, 0.25) is 0 Å². The predicted molar refractivity (Wildman–Crippen MR) is 70.6 cm³/mol. The molecule has 0 saturated heterocycles. The first-order chi connectivity index (χ1) is 8.85. The maximum absolute atomic E-state index is 11.3. The molecule has 0 spiro atoms. The number of nitrogens with one attached hydrogen (secondary N) is 1. The fourth-order valence-corrected chi connectivity index (χ4v) is 3.17. The molecule has 0 aromatic heterocycles. The number of ether oxygens (including phenoxy) is 2. The zero-order chi connectivity index (χ0) is 14.6. The lowest BCUT2D eigenvalue weighted by Crippen LogP contribution is -2.48.